The predicted octanol–water partition coefficient (Wildman–Crippen LogP) is 4.15. The van der Waals surface area contributed by atoms with E-state index >= 15 is 0 Å². The number of piperidine rings is 1. The molecule has 2 aromatic carbocycles. The molecule has 0 unspecified atom stereocenters. The Morgan fingerprint density at radius 1 is 1.15 bits per heavy atom. The van der Waals surface area contributed by atoms with Crippen LogP contribution in [0.25, 0.3) is 0 Å². The highest BCUT2D eigenvalue weighted by Crippen LogP contribution is 2.37. The van der Waals surface area contributed by atoms with Crippen LogP contribution in [-0.2, 0) is 16.0 Å². The normalized spacial score (nSPS) is 17.7. The number of amides is 2. The molecule has 0 saturated carbocycles. The molecule has 180 valence electrons. The van der Waals surface area contributed by atoms with Gasteiger partial charge in [-0.15, -0.1) is 6.42 Å². The number of nitrogens with one attached hydrogen (secondary N) is 1. The molecule has 0 bridgehead atoms. The van der Waals surface area contributed by atoms with Crippen molar-refractivity contribution in [2.75, 3.05) is 26.8 Å². The Labute approximate surface area is 202 Å². The van der Waals surface area contributed by atoms with Gasteiger partial charge in [0.25, 0.3) is 0 Å². The summed E-state index contributed by atoms with van der Waals surface area (Å²) in [6.45, 7) is 3.53. The van der Waals surface area contributed by atoms with Crippen molar-refractivity contribution >= 4 is 11.8 Å². The van der Waals surface area contributed by atoms with Crippen LogP contribution in [0.1, 0.15) is 49.8 Å². The molecule has 1 heterocycles. The first-order valence-corrected chi connectivity index (χ1v) is 11.9. The molecular weight excluding hydrogens is 428 g/mol. The molecule has 0 aromatic heterocycles. The van der Waals surface area contributed by atoms with Gasteiger partial charge in [0, 0.05) is 19.5 Å². The summed E-state index contributed by atoms with van der Waals surface area (Å²) in [5.41, 5.74) is 2.07. The van der Waals surface area contributed by atoms with Gasteiger partial charge >= 0.3 is 0 Å². The lowest BCUT2D eigenvalue weighted by Gasteiger charge is -2.41. The topological polar surface area (TPSA) is 67.9 Å². The van der Waals surface area contributed by atoms with Crippen molar-refractivity contribution in [2.45, 2.75) is 45.1 Å². The van der Waals surface area contributed by atoms with Gasteiger partial charge in [0.05, 0.1) is 19.1 Å². The lowest BCUT2D eigenvalue weighted by molar-refractivity contribution is -0.143. The molecule has 34 heavy (non-hydrogen) atoms. The van der Waals surface area contributed by atoms with Crippen LogP contribution in [-0.4, -0.2) is 43.5 Å². The summed E-state index contributed by atoms with van der Waals surface area (Å²) in [5, 5.41) is 3.10. The van der Waals surface area contributed by atoms with Crippen LogP contribution in [0.3, 0.4) is 0 Å². The Hall–Kier alpha value is -3.46. The second-order valence-corrected chi connectivity index (χ2v) is 8.48. The fourth-order valence-corrected chi connectivity index (χ4v) is 4.37. The Bertz CT molecular complexity index is 979. The number of terminal acetylenes is 1. The SMILES string of the molecule is C#CCOc1ccc(CCNC(=O)[C@H]2CCC(=O)N(CCCC)[C@H]2c2ccc(OC)cc2)cc1. The van der Waals surface area contributed by atoms with Crippen LogP contribution in [0.2, 0.25) is 0 Å². The number of ether oxygens (including phenoxy) is 2. The van der Waals surface area contributed by atoms with E-state index < -0.39 is 0 Å². The number of hydrogen-bond acceptors (Lipinski definition) is 4. The molecule has 2 amide bonds. The molecular formula is C28H34N2O4. The summed E-state index contributed by atoms with van der Waals surface area (Å²) < 4.78 is 10.7. The summed E-state index contributed by atoms with van der Waals surface area (Å²) in [4.78, 5) is 28.0. The molecule has 2 atom stereocenters. The maximum Gasteiger partial charge on any atom is 0.225 e. The molecule has 1 N–H and O–H groups in total. The summed E-state index contributed by atoms with van der Waals surface area (Å²) in [7, 11) is 1.63. The van der Waals surface area contributed by atoms with Gasteiger partial charge in [-0.05, 0) is 54.7 Å². The van der Waals surface area contributed by atoms with Gasteiger partial charge in [0.2, 0.25) is 11.8 Å². The molecule has 1 saturated heterocycles. The minimum Gasteiger partial charge on any atom is -0.497 e. The van der Waals surface area contributed by atoms with Crippen molar-refractivity contribution in [3.63, 3.8) is 0 Å². The lowest BCUT2D eigenvalue weighted by atomic mass is 9.83. The van der Waals surface area contributed by atoms with Crippen LogP contribution in [0.15, 0.2) is 48.5 Å². The summed E-state index contributed by atoms with van der Waals surface area (Å²) in [6, 6.07) is 15.1. The minimum absolute atomic E-state index is 0.0104. The molecule has 0 aliphatic carbocycles. The molecule has 1 aliphatic rings. The molecule has 6 nitrogen and oxygen atoms in total. The summed E-state index contributed by atoms with van der Waals surface area (Å²) in [6.07, 6.45) is 8.77. The molecule has 0 radical (unpaired) electrons. The smallest absolute Gasteiger partial charge is 0.225 e. The fraction of sp³-hybridized carbons (Fsp3) is 0.429. The van der Waals surface area contributed by atoms with Gasteiger partial charge in [0.1, 0.15) is 18.1 Å². The maximum atomic E-state index is 13.3. The third-order valence-electron chi connectivity index (χ3n) is 6.21. The van der Waals surface area contributed by atoms with Crippen molar-refractivity contribution in [1.82, 2.24) is 10.2 Å². The fourth-order valence-electron chi connectivity index (χ4n) is 4.37. The van der Waals surface area contributed by atoms with E-state index in [2.05, 4.69) is 18.2 Å². The Morgan fingerprint density at radius 3 is 2.50 bits per heavy atom. The number of carbonyl (C=O) groups excluding carboxylic acids is 2. The van der Waals surface area contributed by atoms with E-state index in [0.717, 1.165) is 35.5 Å². The first-order valence-electron chi connectivity index (χ1n) is 11.9. The first-order chi connectivity index (χ1) is 16.6. The van der Waals surface area contributed by atoms with Gasteiger partial charge in [-0.25, -0.2) is 0 Å². The number of rotatable bonds is 11. The average molecular weight is 463 g/mol. The highest BCUT2D eigenvalue weighted by Gasteiger charge is 2.40. The third-order valence-corrected chi connectivity index (χ3v) is 6.21. The van der Waals surface area contributed by atoms with E-state index in [9.17, 15) is 9.59 Å². The van der Waals surface area contributed by atoms with Gasteiger partial charge in [-0.2, -0.15) is 0 Å². The zero-order valence-corrected chi connectivity index (χ0v) is 20.1. The van der Waals surface area contributed by atoms with E-state index in [1.165, 1.54) is 0 Å². The number of hydrogen-bond donors (Lipinski definition) is 1. The highest BCUT2D eigenvalue weighted by atomic mass is 16.5. The van der Waals surface area contributed by atoms with Gasteiger partial charge < -0.3 is 19.7 Å². The van der Waals surface area contributed by atoms with E-state index in [4.69, 9.17) is 15.9 Å². The number of likely N-dealkylation sites (tertiary alicyclic amines) is 1. The largest absolute Gasteiger partial charge is 0.497 e. The second kappa shape index (κ2) is 12.7. The van der Waals surface area contributed by atoms with Crippen molar-refractivity contribution in [1.29, 1.82) is 0 Å². The Kier molecular flexibility index (Phi) is 9.40. The average Bonchev–Trinajstić information content (AvgIpc) is 2.87. The number of benzene rings is 2. The monoisotopic (exact) mass is 462 g/mol. The predicted molar refractivity (Wildman–Crippen MR) is 133 cm³/mol. The maximum absolute atomic E-state index is 13.3. The quantitative estimate of drug-likeness (QED) is 0.510. The molecule has 2 aromatic rings. The zero-order chi connectivity index (χ0) is 24.3. The minimum atomic E-state index is -0.289. The van der Waals surface area contributed by atoms with E-state index in [1.807, 2.05) is 53.4 Å². The highest BCUT2D eigenvalue weighted by molar-refractivity contribution is 5.85. The molecule has 6 heteroatoms. The van der Waals surface area contributed by atoms with E-state index in [1.54, 1.807) is 7.11 Å². The Balaban J connectivity index is 1.68. The van der Waals surface area contributed by atoms with E-state index in [-0.39, 0.29) is 30.4 Å². The summed E-state index contributed by atoms with van der Waals surface area (Å²) in [5.74, 6) is 3.74. The van der Waals surface area contributed by atoms with Gasteiger partial charge in [0.15, 0.2) is 0 Å². The van der Waals surface area contributed by atoms with E-state index in [0.29, 0.717) is 32.4 Å². The molecule has 1 fully saturated rings. The van der Waals surface area contributed by atoms with Crippen LogP contribution in [0.5, 0.6) is 11.5 Å². The van der Waals surface area contributed by atoms with Gasteiger partial charge in [-0.3, -0.25) is 9.59 Å². The third kappa shape index (κ3) is 6.54. The van der Waals surface area contributed by atoms with Crippen LogP contribution in [0.4, 0.5) is 0 Å². The Morgan fingerprint density at radius 2 is 1.85 bits per heavy atom. The zero-order valence-electron chi connectivity index (χ0n) is 20.1. The molecule has 0 spiro atoms. The number of methoxy groups -OCH3 is 1. The standard InChI is InChI=1S/C28H34N2O4/c1-4-6-19-30-26(31)16-15-25(27(30)22-9-13-23(33-3)14-10-22)28(32)29-18-17-21-7-11-24(12-8-21)34-20-5-2/h2,7-14,25,27H,4,6,15-20H2,1,3H3,(H,29,32)/t25-,27-/m0/s1. The van der Waals surface area contributed by atoms with Gasteiger partial charge in [-0.1, -0.05) is 43.5 Å². The summed E-state index contributed by atoms with van der Waals surface area (Å²) >= 11 is 0. The second-order valence-electron chi connectivity index (χ2n) is 8.48. The van der Waals surface area contributed by atoms with Crippen molar-refractivity contribution in [2.24, 2.45) is 5.92 Å². The molecule has 1 aliphatic heterocycles. The van der Waals surface area contributed by atoms with Crippen LogP contribution >= 0.6 is 0 Å². The van der Waals surface area contributed by atoms with Crippen LogP contribution < -0.4 is 14.8 Å². The lowest BCUT2D eigenvalue weighted by Crippen LogP contribution is -2.48. The first kappa shape index (κ1) is 25.2. The van der Waals surface area contributed by atoms with Crippen molar-refractivity contribution < 1.29 is 19.1 Å². The van der Waals surface area contributed by atoms with Crippen molar-refractivity contribution in [3.05, 3.63) is 59.7 Å². The molecule has 3 rings (SSSR count). The van der Waals surface area contributed by atoms with Crippen LogP contribution in [0, 0.1) is 18.3 Å². The van der Waals surface area contributed by atoms with Crippen molar-refractivity contribution in [3.8, 4) is 23.8 Å². The number of nitrogens with zero attached hydrogens (tertiary/aromatic N) is 1. The number of unbranched alkanes of at least 4 members (excludes halogenated alkanes) is 1. The number of carbonyl (C=O) groups is 2.